The third-order valence-corrected chi connectivity index (χ3v) is 7.26. The van der Waals surface area contributed by atoms with Crippen LogP contribution in [-0.4, -0.2) is 58.3 Å². The number of carbonyl (C=O) groups excluding carboxylic acids is 2. The molecule has 2 aromatic heterocycles. The van der Waals surface area contributed by atoms with Crippen LogP contribution in [0.4, 0.5) is 5.82 Å². The van der Waals surface area contributed by atoms with Gasteiger partial charge in [0, 0.05) is 30.9 Å². The van der Waals surface area contributed by atoms with Crippen molar-refractivity contribution in [3.05, 3.63) is 54.4 Å². The first-order valence-electron chi connectivity index (χ1n) is 10.7. The van der Waals surface area contributed by atoms with Gasteiger partial charge in [-0.1, -0.05) is 33.8 Å². The van der Waals surface area contributed by atoms with Crippen LogP contribution >= 0.6 is 0 Å². The highest BCUT2D eigenvalue weighted by Crippen LogP contribution is 2.18. The second kappa shape index (κ2) is 10.1. The van der Waals surface area contributed by atoms with Crippen LogP contribution in [0.25, 0.3) is 5.65 Å². The van der Waals surface area contributed by atoms with E-state index < -0.39 is 27.9 Å². The van der Waals surface area contributed by atoms with Gasteiger partial charge < -0.3 is 10.6 Å². The van der Waals surface area contributed by atoms with Crippen molar-refractivity contribution in [3.63, 3.8) is 0 Å². The van der Waals surface area contributed by atoms with Crippen molar-refractivity contribution in [3.8, 4) is 0 Å². The maximum Gasteiger partial charge on any atom is 0.251 e. The van der Waals surface area contributed by atoms with Gasteiger partial charge in [0.05, 0.1) is 11.1 Å². The Bertz CT molecular complexity index is 1250. The van der Waals surface area contributed by atoms with Gasteiger partial charge in [-0.3, -0.25) is 9.59 Å². The molecule has 0 saturated heterocycles. The number of benzene rings is 1. The van der Waals surface area contributed by atoms with Gasteiger partial charge in [-0.2, -0.15) is 13.9 Å². The maximum atomic E-state index is 13.0. The fraction of sp³-hybridized carbons (Fsp3) is 0.364. The van der Waals surface area contributed by atoms with Gasteiger partial charge in [-0.05, 0) is 30.2 Å². The Kier molecular flexibility index (Phi) is 7.44. The van der Waals surface area contributed by atoms with E-state index in [1.807, 2.05) is 13.8 Å². The molecule has 1 atom stereocenters. The van der Waals surface area contributed by atoms with E-state index in [-0.39, 0.29) is 16.4 Å². The van der Waals surface area contributed by atoms with Crippen LogP contribution in [0.5, 0.6) is 0 Å². The summed E-state index contributed by atoms with van der Waals surface area (Å²) < 4.78 is 28.4. The van der Waals surface area contributed by atoms with Crippen molar-refractivity contribution in [2.45, 2.75) is 38.6 Å². The standard InChI is InChI=1S/C22H28N6O4S/c1-5-27(6-2)33(31,32)17-9-7-8-16(14-17)21(29)26-20(15(3)4)22(30)25-19-10-12-23-18-11-13-24-28(18)19/h7-15,20H,5-6H2,1-4H3,(H,25,30)(H,26,29). The molecule has 10 nitrogen and oxygen atoms in total. The lowest BCUT2D eigenvalue weighted by Crippen LogP contribution is -2.47. The molecule has 2 heterocycles. The zero-order chi connectivity index (χ0) is 24.2. The van der Waals surface area contributed by atoms with Crippen molar-refractivity contribution in [2.75, 3.05) is 18.4 Å². The predicted molar refractivity (Wildman–Crippen MR) is 124 cm³/mol. The maximum absolute atomic E-state index is 13.0. The Labute approximate surface area is 193 Å². The number of amides is 2. The summed E-state index contributed by atoms with van der Waals surface area (Å²) >= 11 is 0. The molecule has 0 bridgehead atoms. The number of nitrogens with one attached hydrogen (secondary N) is 2. The van der Waals surface area contributed by atoms with Crippen LogP contribution in [0.1, 0.15) is 38.1 Å². The molecule has 0 aliphatic rings. The minimum Gasteiger partial charge on any atom is -0.340 e. The largest absolute Gasteiger partial charge is 0.340 e. The zero-order valence-electron chi connectivity index (χ0n) is 19.0. The lowest BCUT2D eigenvalue weighted by atomic mass is 10.0. The average Bonchev–Trinajstić information content (AvgIpc) is 3.27. The van der Waals surface area contributed by atoms with E-state index in [0.717, 1.165) is 0 Å². The van der Waals surface area contributed by atoms with Crippen LogP contribution in [0.15, 0.2) is 53.7 Å². The number of hydrogen-bond acceptors (Lipinski definition) is 6. The summed E-state index contributed by atoms with van der Waals surface area (Å²) in [7, 11) is -3.72. The highest BCUT2D eigenvalue weighted by Gasteiger charge is 2.27. The molecule has 2 amide bonds. The number of fused-ring (bicyclic) bond motifs is 1. The third-order valence-electron chi connectivity index (χ3n) is 5.22. The lowest BCUT2D eigenvalue weighted by molar-refractivity contribution is -0.118. The highest BCUT2D eigenvalue weighted by atomic mass is 32.2. The number of carbonyl (C=O) groups is 2. The van der Waals surface area contributed by atoms with Crippen molar-refractivity contribution in [2.24, 2.45) is 5.92 Å². The Morgan fingerprint density at radius 3 is 2.48 bits per heavy atom. The molecule has 0 spiro atoms. The highest BCUT2D eigenvalue weighted by molar-refractivity contribution is 7.89. The van der Waals surface area contributed by atoms with Gasteiger partial charge in [0.15, 0.2) is 5.65 Å². The van der Waals surface area contributed by atoms with Gasteiger partial charge in [0.1, 0.15) is 11.9 Å². The van der Waals surface area contributed by atoms with E-state index in [1.165, 1.54) is 33.1 Å². The van der Waals surface area contributed by atoms with Gasteiger partial charge in [0.25, 0.3) is 5.91 Å². The first-order valence-corrected chi connectivity index (χ1v) is 12.1. The predicted octanol–water partition coefficient (Wildman–Crippen LogP) is 2.15. The number of nitrogens with zero attached hydrogens (tertiary/aromatic N) is 4. The van der Waals surface area contributed by atoms with Crippen molar-refractivity contribution < 1.29 is 18.0 Å². The minimum atomic E-state index is -3.72. The minimum absolute atomic E-state index is 0.0299. The average molecular weight is 473 g/mol. The molecule has 0 saturated carbocycles. The van der Waals surface area contributed by atoms with E-state index >= 15 is 0 Å². The fourth-order valence-corrected chi connectivity index (χ4v) is 4.91. The molecule has 0 fully saturated rings. The quantitative estimate of drug-likeness (QED) is 0.492. The SMILES string of the molecule is CCN(CC)S(=O)(=O)c1cccc(C(=O)NC(C(=O)Nc2ccnc3ccnn23)C(C)C)c1. The summed E-state index contributed by atoms with van der Waals surface area (Å²) in [5, 5.41) is 9.64. The first kappa shape index (κ1) is 24.3. The summed E-state index contributed by atoms with van der Waals surface area (Å²) in [6.07, 6.45) is 3.12. The zero-order valence-corrected chi connectivity index (χ0v) is 19.8. The molecule has 176 valence electrons. The Morgan fingerprint density at radius 1 is 1.09 bits per heavy atom. The van der Waals surface area contributed by atoms with E-state index in [4.69, 9.17) is 0 Å². The van der Waals surface area contributed by atoms with Crippen molar-refractivity contribution in [1.29, 1.82) is 0 Å². The van der Waals surface area contributed by atoms with Crippen LogP contribution in [0, 0.1) is 5.92 Å². The number of hydrogen-bond donors (Lipinski definition) is 2. The summed E-state index contributed by atoms with van der Waals surface area (Å²) in [6, 6.07) is 8.27. The smallest absolute Gasteiger partial charge is 0.251 e. The molecule has 3 aromatic rings. The van der Waals surface area contributed by atoms with Crippen LogP contribution in [-0.2, 0) is 14.8 Å². The summed E-state index contributed by atoms with van der Waals surface area (Å²) in [5.41, 5.74) is 0.726. The summed E-state index contributed by atoms with van der Waals surface area (Å²) in [5.74, 6) is -0.776. The van der Waals surface area contributed by atoms with E-state index in [9.17, 15) is 18.0 Å². The van der Waals surface area contributed by atoms with Gasteiger partial charge in [0.2, 0.25) is 15.9 Å². The summed E-state index contributed by atoms with van der Waals surface area (Å²) in [4.78, 5) is 30.1. The molecule has 33 heavy (non-hydrogen) atoms. The third kappa shape index (κ3) is 5.20. The molecule has 2 N–H and O–H groups in total. The Balaban J connectivity index is 1.81. The Hall–Kier alpha value is -3.31. The number of aromatic nitrogens is 3. The molecule has 3 rings (SSSR count). The van der Waals surface area contributed by atoms with Gasteiger partial charge in [-0.15, -0.1) is 0 Å². The second-order valence-electron chi connectivity index (χ2n) is 7.73. The van der Waals surface area contributed by atoms with Crippen LogP contribution in [0.2, 0.25) is 0 Å². The molecule has 1 aromatic carbocycles. The summed E-state index contributed by atoms with van der Waals surface area (Å²) in [6.45, 7) is 7.77. The number of sulfonamides is 1. The van der Waals surface area contributed by atoms with Crippen molar-refractivity contribution in [1.82, 2.24) is 24.2 Å². The molecule has 0 radical (unpaired) electrons. The Morgan fingerprint density at radius 2 is 1.82 bits per heavy atom. The van der Waals surface area contributed by atoms with E-state index in [2.05, 4.69) is 20.7 Å². The first-order chi connectivity index (χ1) is 15.7. The van der Waals surface area contributed by atoms with Crippen LogP contribution in [0.3, 0.4) is 0 Å². The van der Waals surface area contributed by atoms with Gasteiger partial charge >= 0.3 is 0 Å². The molecular weight excluding hydrogens is 444 g/mol. The lowest BCUT2D eigenvalue weighted by Gasteiger charge is -2.22. The second-order valence-corrected chi connectivity index (χ2v) is 9.67. The normalized spacial score (nSPS) is 12.8. The molecular formula is C22H28N6O4S. The molecule has 11 heteroatoms. The monoisotopic (exact) mass is 472 g/mol. The fourth-order valence-electron chi connectivity index (χ4n) is 3.40. The van der Waals surface area contributed by atoms with Crippen molar-refractivity contribution >= 4 is 33.3 Å². The van der Waals surface area contributed by atoms with Crippen LogP contribution < -0.4 is 10.6 Å². The van der Waals surface area contributed by atoms with E-state index in [1.54, 1.807) is 38.4 Å². The topological polar surface area (TPSA) is 126 Å². The molecule has 0 aliphatic heterocycles. The number of rotatable bonds is 9. The van der Waals surface area contributed by atoms with E-state index in [0.29, 0.717) is 24.6 Å². The van der Waals surface area contributed by atoms with Gasteiger partial charge in [-0.25, -0.2) is 13.4 Å². The number of anilines is 1. The molecule has 0 aliphatic carbocycles. The molecule has 1 unspecified atom stereocenters.